The predicted molar refractivity (Wildman–Crippen MR) is 69.7 cm³/mol. The molecule has 0 amide bonds. The Morgan fingerprint density at radius 1 is 1.24 bits per heavy atom. The molecule has 2 N–H and O–H groups in total. The molecule has 0 atom stereocenters. The third-order valence-electron chi connectivity index (χ3n) is 2.94. The second-order valence-electron chi connectivity index (χ2n) is 4.22. The Morgan fingerprint density at radius 3 is 2.59 bits per heavy atom. The molecule has 96 valence electrons. The second kappa shape index (κ2) is 5.48. The van der Waals surface area contributed by atoms with Crippen molar-refractivity contribution in [2.75, 3.05) is 19.6 Å². The summed E-state index contributed by atoms with van der Waals surface area (Å²) in [5.41, 5.74) is 5.47. The van der Waals surface area contributed by atoms with Gasteiger partial charge >= 0.3 is 0 Å². The van der Waals surface area contributed by atoms with E-state index in [-0.39, 0.29) is 0 Å². The van der Waals surface area contributed by atoms with Crippen LogP contribution in [0.4, 0.5) is 0 Å². The SMILES string of the molecule is NCCc1ccc(S(=O)(=O)N2CCCCC2)s1. The van der Waals surface area contributed by atoms with Crippen LogP contribution >= 0.6 is 11.3 Å². The van der Waals surface area contributed by atoms with Gasteiger partial charge in [0.15, 0.2) is 0 Å². The Morgan fingerprint density at radius 2 is 1.94 bits per heavy atom. The Kier molecular flexibility index (Phi) is 4.19. The van der Waals surface area contributed by atoms with Crippen LogP contribution in [0, 0.1) is 0 Å². The summed E-state index contributed by atoms with van der Waals surface area (Å²) in [5.74, 6) is 0. The number of sulfonamides is 1. The van der Waals surface area contributed by atoms with Gasteiger partial charge in [-0.3, -0.25) is 0 Å². The normalized spacial score (nSPS) is 18.4. The maximum atomic E-state index is 12.3. The molecule has 0 aromatic carbocycles. The molecule has 1 aliphatic rings. The summed E-state index contributed by atoms with van der Waals surface area (Å²) in [5, 5.41) is 0. The topological polar surface area (TPSA) is 63.4 Å². The van der Waals surface area contributed by atoms with Gasteiger partial charge in [0.2, 0.25) is 0 Å². The van der Waals surface area contributed by atoms with Gasteiger partial charge in [-0.1, -0.05) is 6.42 Å². The van der Waals surface area contributed by atoms with Crippen LogP contribution in [0.5, 0.6) is 0 Å². The van der Waals surface area contributed by atoms with Crippen LogP contribution in [0.3, 0.4) is 0 Å². The van der Waals surface area contributed by atoms with Gasteiger partial charge in [0.1, 0.15) is 4.21 Å². The second-order valence-corrected chi connectivity index (χ2v) is 7.56. The molecule has 0 radical (unpaired) electrons. The number of rotatable bonds is 4. The third-order valence-corrected chi connectivity index (χ3v) is 6.45. The molecule has 17 heavy (non-hydrogen) atoms. The van der Waals surface area contributed by atoms with Crippen LogP contribution < -0.4 is 5.73 Å². The molecule has 0 bridgehead atoms. The van der Waals surface area contributed by atoms with Crippen molar-refractivity contribution >= 4 is 21.4 Å². The zero-order valence-electron chi connectivity index (χ0n) is 9.76. The number of hydrogen-bond acceptors (Lipinski definition) is 4. The lowest BCUT2D eigenvalue weighted by Gasteiger charge is -2.25. The summed E-state index contributed by atoms with van der Waals surface area (Å²) < 4.78 is 26.7. The molecule has 2 rings (SSSR count). The van der Waals surface area contributed by atoms with Gasteiger partial charge in [-0.15, -0.1) is 11.3 Å². The quantitative estimate of drug-likeness (QED) is 0.903. The number of nitrogens with zero attached hydrogens (tertiary/aromatic N) is 1. The minimum Gasteiger partial charge on any atom is -0.330 e. The number of nitrogens with two attached hydrogens (primary N) is 1. The largest absolute Gasteiger partial charge is 0.330 e. The van der Waals surface area contributed by atoms with Gasteiger partial charge in [-0.2, -0.15) is 4.31 Å². The molecule has 1 aliphatic heterocycles. The van der Waals surface area contributed by atoms with Crippen LogP contribution in [-0.2, 0) is 16.4 Å². The van der Waals surface area contributed by atoms with Crippen molar-refractivity contribution in [3.63, 3.8) is 0 Å². The molecular formula is C11H18N2O2S2. The standard InChI is InChI=1S/C11H18N2O2S2/c12-7-6-10-4-5-11(16-10)17(14,15)13-8-2-1-3-9-13/h4-5H,1-3,6-9,12H2. The monoisotopic (exact) mass is 274 g/mol. The molecule has 0 spiro atoms. The van der Waals surface area contributed by atoms with Crippen molar-refractivity contribution in [2.24, 2.45) is 5.73 Å². The lowest BCUT2D eigenvalue weighted by Crippen LogP contribution is -2.35. The first kappa shape index (κ1) is 13.0. The summed E-state index contributed by atoms with van der Waals surface area (Å²) in [6.45, 7) is 1.88. The van der Waals surface area contributed by atoms with Crippen LogP contribution in [0.1, 0.15) is 24.1 Å². The highest BCUT2D eigenvalue weighted by Gasteiger charge is 2.27. The van der Waals surface area contributed by atoms with Gasteiger partial charge in [-0.05, 0) is 37.9 Å². The van der Waals surface area contributed by atoms with Crippen LogP contribution in [-0.4, -0.2) is 32.4 Å². The van der Waals surface area contributed by atoms with E-state index in [0.29, 0.717) is 23.8 Å². The molecule has 0 unspecified atom stereocenters. The van der Waals surface area contributed by atoms with Gasteiger partial charge < -0.3 is 5.73 Å². The molecule has 0 aliphatic carbocycles. The lowest BCUT2D eigenvalue weighted by molar-refractivity contribution is 0.347. The van der Waals surface area contributed by atoms with E-state index >= 15 is 0 Å². The summed E-state index contributed by atoms with van der Waals surface area (Å²) in [6, 6.07) is 3.58. The van der Waals surface area contributed by atoms with Crippen LogP contribution in [0.2, 0.25) is 0 Å². The number of hydrogen-bond donors (Lipinski definition) is 1. The molecule has 1 saturated heterocycles. The molecular weight excluding hydrogens is 256 g/mol. The van der Waals surface area contributed by atoms with Crippen LogP contribution in [0.15, 0.2) is 16.3 Å². The lowest BCUT2D eigenvalue weighted by atomic mass is 10.2. The smallest absolute Gasteiger partial charge is 0.252 e. The van der Waals surface area contributed by atoms with E-state index in [4.69, 9.17) is 5.73 Å². The molecule has 1 aromatic rings. The van der Waals surface area contributed by atoms with E-state index in [9.17, 15) is 8.42 Å². The average molecular weight is 274 g/mol. The van der Waals surface area contributed by atoms with Gasteiger partial charge in [0.25, 0.3) is 10.0 Å². The average Bonchev–Trinajstić information content (AvgIpc) is 2.80. The van der Waals surface area contributed by atoms with Crippen molar-refractivity contribution in [1.82, 2.24) is 4.31 Å². The highest BCUT2D eigenvalue weighted by molar-refractivity contribution is 7.91. The highest BCUT2D eigenvalue weighted by Crippen LogP contribution is 2.27. The maximum Gasteiger partial charge on any atom is 0.252 e. The summed E-state index contributed by atoms with van der Waals surface area (Å²) >= 11 is 1.35. The molecule has 4 nitrogen and oxygen atoms in total. The fourth-order valence-corrected chi connectivity index (χ4v) is 5.05. The third kappa shape index (κ3) is 2.88. The van der Waals surface area contributed by atoms with Crippen LogP contribution in [0.25, 0.3) is 0 Å². The fraction of sp³-hybridized carbons (Fsp3) is 0.636. The summed E-state index contributed by atoms with van der Waals surface area (Å²) in [4.78, 5) is 1.04. The van der Waals surface area contributed by atoms with E-state index in [0.717, 1.165) is 30.6 Å². The Bertz CT molecular complexity index is 462. The minimum absolute atomic E-state index is 0.461. The van der Waals surface area contributed by atoms with Gasteiger partial charge in [0.05, 0.1) is 0 Å². The minimum atomic E-state index is -3.25. The van der Waals surface area contributed by atoms with Crippen molar-refractivity contribution in [2.45, 2.75) is 29.9 Å². The van der Waals surface area contributed by atoms with Gasteiger partial charge in [-0.25, -0.2) is 8.42 Å². The van der Waals surface area contributed by atoms with Crippen molar-refractivity contribution in [3.05, 3.63) is 17.0 Å². The Hall–Kier alpha value is -0.430. The first-order valence-electron chi connectivity index (χ1n) is 5.93. The zero-order valence-corrected chi connectivity index (χ0v) is 11.4. The van der Waals surface area contributed by atoms with Crippen molar-refractivity contribution < 1.29 is 8.42 Å². The summed E-state index contributed by atoms with van der Waals surface area (Å²) in [7, 11) is -3.25. The molecule has 2 heterocycles. The number of piperidine rings is 1. The van der Waals surface area contributed by atoms with Crippen molar-refractivity contribution in [3.8, 4) is 0 Å². The Labute approximate surface area is 106 Å². The first-order chi connectivity index (χ1) is 8.14. The molecule has 6 heteroatoms. The fourth-order valence-electron chi connectivity index (χ4n) is 2.01. The van der Waals surface area contributed by atoms with E-state index in [2.05, 4.69) is 0 Å². The maximum absolute atomic E-state index is 12.3. The van der Waals surface area contributed by atoms with Crippen molar-refractivity contribution in [1.29, 1.82) is 0 Å². The first-order valence-corrected chi connectivity index (χ1v) is 8.19. The molecule has 0 saturated carbocycles. The van der Waals surface area contributed by atoms with E-state index in [1.165, 1.54) is 11.3 Å². The van der Waals surface area contributed by atoms with Gasteiger partial charge in [0, 0.05) is 18.0 Å². The zero-order chi connectivity index (χ0) is 12.3. The van der Waals surface area contributed by atoms with E-state index in [1.807, 2.05) is 6.07 Å². The Balaban J connectivity index is 2.18. The molecule has 1 fully saturated rings. The predicted octanol–water partition coefficient (Wildman–Crippen LogP) is 1.42. The van der Waals surface area contributed by atoms with E-state index < -0.39 is 10.0 Å². The highest BCUT2D eigenvalue weighted by atomic mass is 32.2. The number of thiophene rings is 1. The molecule has 1 aromatic heterocycles. The van der Waals surface area contributed by atoms with E-state index in [1.54, 1.807) is 10.4 Å². The summed E-state index contributed by atoms with van der Waals surface area (Å²) in [6.07, 6.45) is 3.83.